The first kappa shape index (κ1) is 26.9. The molecule has 8 nitrogen and oxygen atoms in total. The maximum atomic E-state index is 12.4. The molecule has 0 fully saturated rings. The van der Waals surface area contributed by atoms with Crippen molar-refractivity contribution in [3.63, 3.8) is 0 Å². The summed E-state index contributed by atoms with van der Waals surface area (Å²) in [5, 5.41) is 6.23. The molecule has 0 radical (unpaired) electrons. The van der Waals surface area contributed by atoms with E-state index in [9.17, 15) is 14.4 Å². The number of nitrogens with one attached hydrogen (secondary N) is 2. The Balaban J connectivity index is 1.50. The average molecular weight is 493 g/mol. The van der Waals surface area contributed by atoms with Gasteiger partial charge in [-0.3, -0.25) is 9.59 Å². The number of hydrogen-bond donors (Lipinski definition) is 2. The molecule has 2 N–H and O–H groups in total. The van der Waals surface area contributed by atoms with E-state index in [0.29, 0.717) is 30.0 Å². The van der Waals surface area contributed by atoms with Gasteiger partial charge in [0.2, 0.25) is 5.91 Å². The molecule has 0 atom stereocenters. The van der Waals surface area contributed by atoms with Crippen LogP contribution >= 0.6 is 0 Å². The molecule has 2 amide bonds. The van der Waals surface area contributed by atoms with Crippen molar-refractivity contribution in [3.05, 3.63) is 59.7 Å². The van der Waals surface area contributed by atoms with Crippen LogP contribution in [0.4, 0.5) is 17.1 Å². The number of esters is 1. The Labute approximate surface area is 213 Å². The van der Waals surface area contributed by atoms with E-state index in [2.05, 4.69) is 15.5 Å². The topological polar surface area (TPSA) is 91.0 Å². The second-order valence-electron chi connectivity index (χ2n) is 9.00. The number of nitrogens with zero attached hydrogens (tertiary/aromatic N) is 2. The first-order valence-corrected chi connectivity index (χ1v) is 12.4. The highest BCUT2D eigenvalue weighted by Crippen LogP contribution is 2.33. The molecule has 0 aliphatic carbocycles. The van der Waals surface area contributed by atoms with Gasteiger partial charge < -0.3 is 25.2 Å². The summed E-state index contributed by atoms with van der Waals surface area (Å²) in [5.41, 5.74) is 4.37. The predicted molar refractivity (Wildman–Crippen MR) is 144 cm³/mol. The van der Waals surface area contributed by atoms with Gasteiger partial charge in [-0.15, -0.1) is 0 Å². The van der Waals surface area contributed by atoms with Crippen molar-refractivity contribution in [3.8, 4) is 0 Å². The first-order valence-electron chi connectivity index (χ1n) is 12.4. The van der Waals surface area contributed by atoms with E-state index in [4.69, 9.17) is 4.74 Å². The molecule has 0 saturated carbocycles. The zero-order valence-electron chi connectivity index (χ0n) is 21.6. The minimum absolute atomic E-state index is 0.0390. The summed E-state index contributed by atoms with van der Waals surface area (Å²) < 4.78 is 5.03. The normalized spacial score (nSPS) is 13.5. The van der Waals surface area contributed by atoms with E-state index >= 15 is 0 Å². The number of fused-ring (bicyclic) bond motifs is 1. The summed E-state index contributed by atoms with van der Waals surface area (Å²) >= 11 is 0. The van der Waals surface area contributed by atoms with Crippen LogP contribution in [0.1, 0.15) is 49.0 Å². The van der Waals surface area contributed by atoms with Gasteiger partial charge in [0.25, 0.3) is 5.91 Å². The summed E-state index contributed by atoms with van der Waals surface area (Å²) in [6, 6.07) is 13.0. The zero-order chi connectivity index (χ0) is 26.1. The fourth-order valence-electron chi connectivity index (χ4n) is 4.09. The van der Waals surface area contributed by atoms with Crippen molar-refractivity contribution in [2.45, 2.75) is 33.1 Å². The van der Waals surface area contributed by atoms with Crippen LogP contribution in [0.15, 0.2) is 48.5 Å². The molecule has 192 valence electrons. The smallest absolute Gasteiger partial charge is 0.338 e. The summed E-state index contributed by atoms with van der Waals surface area (Å²) in [6.07, 6.45) is 4.43. The average Bonchev–Trinajstić information content (AvgIpc) is 3.16. The number of anilines is 3. The van der Waals surface area contributed by atoms with Crippen LogP contribution in [0.5, 0.6) is 0 Å². The number of hydrogen-bond acceptors (Lipinski definition) is 6. The van der Waals surface area contributed by atoms with E-state index in [-0.39, 0.29) is 11.8 Å². The molecule has 1 aliphatic heterocycles. The molecule has 0 saturated heterocycles. The second-order valence-corrected chi connectivity index (χ2v) is 9.00. The third-order valence-corrected chi connectivity index (χ3v) is 5.92. The lowest BCUT2D eigenvalue weighted by Crippen LogP contribution is -2.31. The minimum atomic E-state index is -0.399. The highest BCUT2D eigenvalue weighted by Gasteiger charge is 2.25. The van der Waals surface area contributed by atoms with Crippen molar-refractivity contribution >= 4 is 40.4 Å². The number of carbonyl (C=O) groups excluding carboxylic acids is 3. The minimum Gasteiger partial charge on any atom is -0.462 e. The molecule has 1 aliphatic rings. The van der Waals surface area contributed by atoms with Crippen LogP contribution in [0.3, 0.4) is 0 Å². The van der Waals surface area contributed by atoms with Crippen LogP contribution in [0, 0.1) is 0 Å². The highest BCUT2D eigenvalue weighted by atomic mass is 16.5. The van der Waals surface area contributed by atoms with Crippen molar-refractivity contribution in [1.82, 2.24) is 4.90 Å². The Hall–Kier alpha value is -3.65. The second kappa shape index (κ2) is 12.9. The lowest BCUT2D eigenvalue weighted by Gasteiger charge is -2.22. The monoisotopic (exact) mass is 492 g/mol. The number of allylic oxidation sites excluding steroid dienone is 1. The van der Waals surface area contributed by atoms with Gasteiger partial charge in [-0.2, -0.15) is 0 Å². The van der Waals surface area contributed by atoms with Crippen molar-refractivity contribution < 1.29 is 19.1 Å². The van der Waals surface area contributed by atoms with E-state index in [0.717, 1.165) is 49.3 Å². The van der Waals surface area contributed by atoms with Crippen molar-refractivity contribution in [2.75, 3.05) is 55.9 Å². The Kier molecular flexibility index (Phi) is 9.64. The molecular formula is C28H36N4O4. The van der Waals surface area contributed by atoms with Gasteiger partial charge in [0, 0.05) is 48.2 Å². The van der Waals surface area contributed by atoms with Gasteiger partial charge in [0.15, 0.2) is 0 Å². The SMILES string of the molecule is CCOC(=O)c1ccc2c(c1)NC(=O)/C2=C\CCCNc1ccc(N(CCCN(C)C)C(C)=O)cc1. The van der Waals surface area contributed by atoms with Crippen molar-refractivity contribution in [2.24, 2.45) is 0 Å². The molecule has 0 spiro atoms. The number of unbranched alkanes of at least 4 members (excludes halogenated alkanes) is 1. The van der Waals surface area contributed by atoms with Gasteiger partial charge >= 0.3 is 5.97 Å². The molecule has 8 heteroatoms. The highest BCUT2D eigenvalue weighted by molar-refractivity contribution is 6.31. The summed E-state index contributed by atoms with van der Waals surface area (Å²) in [6.45, 7) is 6.03. The molecule has 0 unspecified atom stereocenters. The van der Waals surface area contributed by atoms with Gasteiger partial charge in [0.1, 0.15) is 0 Å². The Morgan fingerprint density at radius 3 is 2.47 bits per heavy atom. The summed E-state index contributed by atoms with van der Waals surface area (Å²) in [4.78, 5) is 40.3. The van der Waals surface area contributed by atoms with Gasteiger partial charge in [-0.25, -0.2) is 4.79 Å². The van der Waals surface area contributed by atoms with Gasteiger partial charge in [-0.05, 0) is 83.2 Å². The van der Waals surface area contributed by atoms with Gasteiger partial charge in [0.05, 0.1) is 12.2 Å². The number of amides is 2. The maximum Gasteiger partial charge on any atom is 0.338 e. The van der Waals surface area contributed by atoms with Crippen LogP contribution < -0.4 is 15.5 Å². The Morgan fingerprint density at radius 2 is 1.81 bits per heavy atom. The van der Waals surface area contributed by atoms with E-state index < -0.39 is 5.97 Å². The predicted octanol–water partition coefficient (Wildman–Crippen LogP) is 4.40. The number of ether oxygens (including phenoxy) is 1. The largest absolute Gasteiger partial charge is 0.462 e. The zero-order valence-corrected chi connectivity index (χ0v) is 21.6. The van der Waals surface area contributed by atoms with E-state index in [1.807, 2.05) is 44.4 Å². The van der Waals surface area contributed by atoms with Crippen molar-refractivity contribution in [1.29, 1.82) is 0 Å². The Bertz CT molecular complexity index is 1110. The molecule has 2 aromatic carbocycles. The molecule has 2 aromatic rings. The molecule has 3 rings (SSSR count). The Morgan fingerprint density at radius 1 is 1.06 bits per heavy atom. The molecule has 1 heterocycles. The lowest BCUT2D eigenvalue weighted by molar-refractivity contribution is -0.116. The number of benzene rings is 2. The van der Waals surface area contributed by atoms with E-state index in [1.165, 1.54) is 0 Å². The molecule has 0 bridgehead atoms. The third kappa shape index (κ3) is 7.18. The summed E-state index contributed by atoms with van der Waals surface area (Å²) in [5.74, 6) is -0.517. The first-order chi connectivity index (χ1) is 17.3. The standard InChI is InChI=1S/C28H36N4O4/c1-5-36-28(35)21-10-15-24-25(27(34)30-26(24)19-21)9-6-7-16-29-22-11-13-23(14-12-22)32(20(2)33)18-8-17-31(3)4/h9-15,19,29H,5-8,16-18H2,1-4H3,(H,30,34)/b25-9-. The van der Waals surface area contributed by atoms with Crippen LogP contribution in [-0.2, 0) is 14.3 Å². The number of carbonyl (C=O) groups is 3. The van der Waals surface area contributed by atoms with Gasteiger partial charge in [-0.1, -0.05) is 12.1 Å². The summed E-state index contributed by atoms with van der Waals surface area (Å²) in [7, 11) is 4.05. The van der Waals surface area contributed by atoms with Crippen LogP contribution in [0.2, 0.25) is 0 Å². The third-order valence-electron chi connectivity index (χ3n) is 5.92. The molecule has 0 aromatic heterocycles. The fraction of sp³-hybridized carbons (Fsp3) is 0.393. The molecule has 36 heavy (non-hydrogen) atoms. The quantitative estimate of drug-likeness (QED) is 0.259. The molecular weight excluding hydrogens is 456 g/mol. The van der Waals surface area contributed by atoms with E-state index in [1.54, 1.807) is 36.9 Å². The maximum absolute atomic E-state index is 12.4. The van der Waals surface area contributed by atoms with Crippen LogP contribution in [-0.4, -0.2) is 63.0 Å². The number of rotatable bonds is 12. The lowest BCUT2D eigenvalue weighted by atomic mass is 10.0. The fourth-order valence-corrected chi connectivity index (χ4v) is 4.09. The van der Waals surface area contributed by atoms with Crippen LogP contribution in [0.25, 0.3) is 5.57 Å².